The largest absolute Gasteiger partial charge is 0.508 e. The van der Waals surface area contributed by atoms with Crippen LogP contribution in [0.4, 0.5) is 0 Å². The number of methoxy groups -OCH3 is 1. The van der Waals surface area contributed by atoms with Crippen LogP contribution in [0.5, 0.6) is 28.7 Å². The Balaban J connectivity index is 1.31. The summed E-state index contributed by atoms with van der Waals surface area (Å²) in [6, 6.07) is 17.4. The average Bonchev–Trinajstić information content (AvgIpc) is 3.68. The number of hydrogen-bond donors (Lipinski definition) is 7. The minimum absolute atomic E-state index is 0.0230. The Morgan fingerprint density at radius 2 is 1.88 bits per heavy atom. The highest BCUT2D eigenvalue weighted by atomic mass is 16.6. The predicted molar refractivity (Wildman–Crippen MR) is 212 cm³/mol. The van der Waals surface area contributed by atoms with Gasteiger partial charge in [0.25, 0.3) is 0 Å². The lowest BCUT2D eigenvalue weighted by atomic mass is 9.70. The Morgan fingerprint density at radius 1 is 1.00 bits per heavy atom. The lowest BCUT2D eigenvalue weighted by Gasteiger charge is -2.47. The number of hydrogen-bond acceptors (Lipinski definition) is 12. The molecule has 0 spiro atoms. The van der Waals surface area contributed by atoms with Crippen LogP contribution in [0.15, 0.2) is 59.6 Å². The van der Waals surface area contributed by atoms with Crippen LogP contribution in [0.1, 0.15) is 58.7 Å². The second-order valence-corrected chi connectivity index (χ2v) is 15.5. The van der Waals surface area contributed by atoms with Crippen LogP contribution >= 0.6 is 0 Å². The molecule has 0 saturated heterocycles. The van der Waals surface area contributed by atoms with Gasteiger partial charge in [-0.2, -0.15) is 0 Å². The second kappa shape index (κ2) is 16.0. The number of ether oxygens (including phenoxy) is 4. The zero-order valence-electron chi connectivity index (χ0n) is 32.2. The summed E-state index contributed by atoms with van der Waals surface area (Å²) in [5.41, 5.74) is 7.15. The molecule has 5 unspecified atom stereocenters. The van der Waals surface area contributed by atoms with Crippen molar-refractivity contribution in [1.82, 2.24) is 16.0 Å². The van der Waals surface area contributed by atoms with Crippen LogP contribution in [0.25, 0.3) is 17.2 Å². The number of aromatic hydroxyl groups is 2. The molecular weight excluding hydrogens is 713 g/mol. The van der Waals surface area contributed by atoms with Crippen molar-refractivity contribution >= 4 is 6.08 Å². The quantitative estimate of drug-likeness (QED) is 0.0746. The fraction of sp³-hybridized carbons (Fsp3) is 0.432. The molecule has 1 aliphatic carbocycles. The van der Waals surface area contributed by atoms with E-state index in [0.29, 0.717) is 63.5 Å². The van der Waals surface area contributed by atoms with Gasteiger partial charge in [-0.05, 0) is 115 Å². The van der Waals surface area contributed by atoms with Crippen molar-refractivity contribution in [2.45, 2.75) is 68.9 Å². The number of rotatable bonds is 14. The highest BCUT2D eigenvalue weighted by Crippen LogP contribution is 2.57. The zero-order valence-corrected chi connectivity index (χ0v) is 32.2. The number of benzene rings is 4. The Kier molecular flexibility index (Phi) is 10.9. The molecule has 0 amide bonds. The van der Waals surface area contributed by atoms with Gasteiger partial charge in [-0.3, -0.25) is 10.3 Å². The number of phenols is 2. The molecule has 4 aromatic rings. The maximum atomic E-state index is 10.9. The lowest BCUT2D eigenvalue weighted by molar-refractivity contribution is -0.129. The normalized spacial score (nSPS) is 22.2. The Bertz CT molecular complexity index is 2230. The van der Waals surface area contributed by atoms with Crippen molar-refractivity contribution in [3.8, 4) is 39.9 Å². The van der Waals surface area contributed by atoms with Crippen molar-refractivity contribution < 1.29 is 39.4 Å². The van der Waals surface area contributed by atoms with Crippen molar-refractivity contribution in [2.24, 2.45) is 4.99 Å². The molecule has 4 aromatic carbocycles. The van der Waals surface area contributed by atoms with E-state index in [9.17, 15) is 20.4 Å². The minimum atomic E-state index is -0.959. The van der Waals surface area contributed by atoms with Gasteiger partial charge in [0, 0.05) is 42.9 Å². The van der Waals surface area contributed by atoms with Gasteiger partial charge in [-0.25, -0.2) is 0 Å². The van der Waals surface area contributed by atoms with Crippen LogP contribution < -0.4 is 40.7 Å². The van der Waals surface area contributed by atoms with Crippen LogP contribution in [-0.2, 0) is 30.4 Å². The second-order valence-electron chi connectivity index (χ2n) is 15.5. The summed E-state index contributed by atoms with van der Waals surface area (Å²) in [6.45, 7) is 3.81. The third-order valence-corrected chi connectivity index (χ3v) is 11.6. The standard InChI is InChI=1S/C44H52N4O8/c1-25(50)20-46-23-47-22-44(54-24-45-2)19-36-35-16-29(15-26-4-10-37-27(14-26)12-13-48-37)34-18-30(51)6-8-32(34)40(35)42-33(9-7-31(21-49)55-42)41(36)56-43(44)28-5-11-38(52)39(17-28)53-3/h4-6,8,10-12,14,17-18,25,29,31,43,45-47,49-52H,7,9,13,15-16,19-24H2,1-3H3. The van der Waals surface area contributed by atoms with Gasteiger partial charge >= 0.3 is 0 Å². The summed E-state index contributed by atoms with van der Waals surface area (Å²) in [4.78, 5) is 4.59. The van der Waals surface area contributed by atoms with E-state index in [2.05, 4.69) is 45.2 Å². The molecule has 12 heteroatoms. The third kappa shape index (κ3) is 7.21. The van der Waals surface area contributed by atoms with Crippen molar-refractivity contribution in [2.75, 3.05) is 53.8 Å². The monoisotopic (exact) mass is 764 g/mol. The number of phenolic OH excluding ortho intramolecular Hbond substituents is 2. The van der Waals surface area contributed by atoms with Gasteiger partial charge < -0.3 is 50.0 Å². The highest BCUT2D eigenvalue weighted by Gasteiger charge is 2.50. The molecule has 8 rings (SSSR count). The fourth-order valence-electron chi connectivity index (χ4n) is 8.98. The molecule has 3 aliphatic heterocycles. The first-order chi connectivity index (χ1) is 27.2. The van der Waals surface area contributed by atoms with Gasteiger partial charge in [0.05, 0.1) is 38.5 Å². The summed E-state index contributed by atoms with van der Waals surface area (Å²) in [5.74, 6) is 2.07. The van der Waals surface area contributed by atoms with E-state index in [4.69, 9.17) is 18.9 Å². The van der Waals surface area contributed by atoms with Crippen molar-refractivity contribution in [3.05, 3.63) is 98.6 Å². The number of fused-ring (bicyclic) bond motifs is 9. The molecule has 0 radical (unpaired) electrons. The molecule has 56 heavy (non-hydrogen) atoms. The van der Waals surface area contributed by atoms with Gasteiger partial charge in [-0.15, -0.1) is 0 Å². The Morgan fingerprint density at radius 3 is 2.68 bits per heavy atom. The van der Waals surface area contributed by atoms with Gasteiger partial charge in [0.15, 0.2) is 17.6 Å². The SMILES string of the molecule is CNCOC1(CNCNCC(C)O)Cc2c3c(c4c(c2OC1c1ccc(O)c(OC)c1)CCC(CO)O4)-c1ccc(O)cc1C(Cc1ccc2c(c1)=CCN=2)C3. The summed E-state index contributed by atoms with van der Waals surface area (Å²) < 4.78 is 26.5. The van der Waals surface area contributed by atoms with Crippen LogP contribution in [-0.4, -0.2) is 92.0 Å². The summed E-state index contributed by atoms with van der Waals surface area (Å²) in [5, 5.41) is 53.9. The molecule has 0 saturated carbocycles. The van der Waals surface area contributed by atoms with Crippen LogP contribution in [0.2, 0.25) is 0 Å². The molecule has 7 N–H and O–H groups in total. The van der Waals surface area contributed by atoms with Crippen molar-refractivity contribution in [3.63, 3.8) is 0 Å². The van der Waals surface area contributed by atoms with E-state index in [-0.39, 0.29) is 36.9 Å². The zero-order chi connectivity index (χ0) is 39.0. The molecule has 0 fully saturated rings. The Hall–Kier alpha value is -4.69. The smallest absolute Gasteiger partial charge is 0.160 e. The lowest BCUT2D eigenvalue weighted by Crippen LogP contribution is -2.56. The molecule has 12 nitrogen and oxygen atoms in total. The maximum Gasteiger partial charge on any atom is 0.160 e. The number of nitrogens with one attached hydrogen (secondary N) is 3. The molecule has 5 atom stereocenters. The summed E-state index contributed by atoms with van der Waals surface area (Å²) in [6.07, 6.45) is 3.80. The molecule has 296 valence electrons. The fourth-order valence-corrected chi connectivity index (χ4v) is 8.98. The van der Waals surface area contributed by atoms with E-state index >= 15 is 0 Å². The van der Waals surface area contributed by atoms with Gasteiger partial charge in [0.2, 0.25) is 0 Å². The summed E-state index contributed by atoms with van der Waals surface area (Å²) >= 11 is 0. The third-order valence-electron chi connectivity index (χ3n) is 11.6. The van der Waals surface area contributed by atoms with Gasteiger partial charge in [0.1, 0.15) is 29.0 Å². The molecule has 4 aliphatic rings. The number of nitrogens with zero attached hydrogens (tertiary/aromatic N) is 1. The van der Waals surface area contributed by atoms with Crippen molar-refractivity contribution in [1.29, 1.82) is 0 Å². The molecule has 0 bridgehead atoms. The predicted octanol–water partition coefficient (Wildman–Crippen LogP) is 2.88. The summed E-state index contributed by atoms with van der Waals surface area (Å²) in [7, 11) is 3.37. The first kappa shape index (κ1) is 38.2. The van der Waals surface area contributed by atoms with Gasteiger partial charge in [-0.1, -0.05) is 24.3 Å². The van der Waals surface area contributed by atoms with E-state index in [1.54, 1.807) is 25.1 Å². The molecular formula is C44H52N4O8. The van der Waals surface area contributed by atoms with E-state index in [0.717, 1.165) is 61.7 Å². The first-order valence-corrected chi connectivity index (χ1v) is 19.6. The molecule has 3 heterocycles. The van der Waals surface area contributed by atoms with Crippen LogP contribution in [0, 0.1) is 0 Å². The minimum Gasteiger partial charge on any atom is -0.508 e. The topological polar surface area (TPSA) is 166 Å². The van der Waals surface area contributed by atoms with Crippen LogP contribution in [0.3, 0.4) is 0 Å². The average molecular weight is 765 g/mol. The first-order valence-electron chi connectivity index (χ1n) is 19.6. The number of aliphatic hydroxyl groups excluding tert-OH is 2. The van der Waals surface area contributed by atoms with E-state index in [1.165, 1.54) is 12.7 Å². The molecule has 0 aromatic heterocycles. The Labute approximate surface area is 326 Å². The highest BCUT2D eigenvalue weighted by molar-refractivity contribution is 5.85. The number of aliphatic hydroxyl groups is 2. The maximum absolute atomic E-state index is 10.9. The van der Waals surface area contributed by atoms with E-state index < -0.39 is 17.8 Å². The van der Waals surface area contributed by atoms with E-state index in [1.807, 2.05) is 25.2 Å².